The van der Waals surface area contributed by atoms with E-state index < -0.39 is 0 Å². The molecule has 24 heavy (non-hydrogen) atoms. The molecule has 0 spiro atoms. The van der Waals surface area contributed by atoms with Crippen LogP contribution in [0.1, 0.15) is 25.0 Å². The lowest BCUT2D eigenvalue weighted by molar-refractivity contribution is 0.132. The van der Waals surface area contributed by atoms with E-state index in [0.717, 1.165) is 22.6 Å². The number of hydrogen-bond acceptors (Lipinski definition) is 5. The third-order valence-electron chi connectivity index (χ3n) is 3.23. The Morgan fingerprint density at radius 3 is 2.29 bits per heavy atom. The van der Waals surface area contributed by atoms with Crippen LogP contribution in [0.25, 0.3) is 0 Å². The van der Waals surface area contributed by atoms with Crippen LogP contribution >= 0.6 is 0 Å². The third kappa shape index (κ3) is 5.19. The molecule has 128 valence electrons. The van der Waals surface area contributed by atoms with Crippen molar-refractivity contribution in [1.82, 2.24) is 0 Å². The molecule has 0 N–H and O–H groups in total. The molecule has 0 aliphatic carbocycles. The van der Waals surface area contributed by atoms with E-state index in [4.69, 9.17) is 19.0 Å². The van der Waals surface area contributed by atoms with Crippen LogP contribution in [0.4, 0.5) is 0 Å². The van der Waals surface area contributed by atoms with E-state index in [2.05, 4.69) is 5.16 Å². The molecule has 5 heteroatoms. The van der Waals surface area contributed by atoms with Gasteiger partial charge in [0.15, 0.2) is 0 Å². The molecule has 0 atom stereocenters. The third-order valence-corrected chi connectivity index (χ3v) is 3.23. The molecule has 2 aromatic carbocycles. The Labute approximate surface area is 142 Å². The quantitative estimate of drug-likeness (QED) is 0.542. The minimum absolute atomic E-state index is 0.162. The summed E-state index contributed by atoms with van der Waals surface area (Å²) in [5.41, 5.74) is 1.80. The number of benzene rings is 2. The normalized spacial score (nSPS) is 10.9. The topological polar surface area (TPSA) is 49.3 Å². The fourth-order valence-electron chi connectivity index (χ4n) is 2.08. The maximum absolute atomic E-state index is 5.60. The van der Waals surface area contributed by atoms with E-state index in [0.29, 0.717) is 12.4 Å². The first-order valence-electron chi connectivity index (χ1n) is 7.75. The minimum Gasteiger partial charge on any atom is -0.497 e. The van der Waals surface area contributed by atoms with Crippen molar-refractivity contribution in [3.63, 3.8) is 0 Å². The lowest BCUT2D eigenvalue weighted by atomic mass is 10.2. The molecule has 0 fully saturated rings. The highest BCUT2D eigenvalue weighted by molar-refractivity contribution is 5.83. The van der Waals surface area contributed by atoms with Crippen molar-refractivity contribution >= 4 is 6.21 Å². The molecular weight excluding hydrogens is 306 g/mol. The first kappa shape index (κ1) is 17.7. The number of methoxy groups -OCH3 is 2. The second kappa shape index (κ2) is 8.82. The van der Waals surface area contributed by atoms with Crippen molar-refractivity contribution in [2.75, 3.05) is 14.2 Å². The predicted octanol–water partition coefficient (Wildman–Crippen LogP) is 4.04. The average molecular weight is 329 g/mol. The highest BCUT2D eigenvalue weighted by atomic mass is 16.6. The van der Waals surface area contributed by atoms with Gasteiger partial charge in [-0.15, -0.1) is 0 Å². The monoisotopic (exact) mass is 329 g/mol. The molecule has 0 bridgehead atoms. The van der Waals surface area contributed by atoms with Crippen LogP contribution in [0, 0.1) is 0 Å². The van der Waals surface area contributed by atoms with E-state index in [1.165, 1.54) is 0 Å². The summed E-state index contributed by atoms with van der Waals surface area (Å²) in [4.78, 5) is 5.35. The van der Waals surface area contributed by atoms with Gasteiger partial charge in [0.25, 0.3) is 0 Å². The molecule has 0 heterocycles. The maximum atomic E-state index is 5.60. The van der Waals surface area contributed by atoms with E-state index in [1.807, 2.05) is 56.3 Å². The Morgan fingerprint density at radius 2 is 1.67 bits per heavy atom. The van der Waals surface area contributed by atoms with Crippen molar-refractivity contribution in [3.8, 4) is 17.2 Å². The molecule has 5 nitrogen and oxygen atoms in total. The summed E-state index contributed by atoms with van der Waals surface area (Å²) in [5, 5.41) is 4.00. The number of rotatable bonds is 8. The minimum atomic E-state index is 0.162. The zero-order chi connectivity index (χ0) is 17.4. The number of nitrogens with zero attached hydrogens (tertiary/aromatic N) is 1. The van der Waals surface area contributed by atoms with Crippen LogP contribution in [-0.2, 0) is 11.4 Å². The molecule has 0 aliphatic rings. The van der Waals surface area contributed by atoms with Gasteiger partial charge >= 0.3 is 0 Å². The lowest BCUT2D eigenvalue weighted by Crippen LogP contribution is -2.05. The van der Waals surface area contributed by atoms with Crippen LogP contribution in [0.2, 0.25) is 0 Å². The van der Waals surface area contributed by atoms with Crippen LogP contribution in [0.3, 0.4) is 0 Å². The molecule has 0 amide bonds. The van der Waals surface area contributed by atoms with Gasteiger partial charge in [-0.1, -0.05) is 17.3 Å². The summed E-state index contributed by atoms with van der Waals surface area (Å²) in [6.07, 6.45) is 1.77. The Hall–Kier alpha value is -2.69. The van der Waals surface area contributed by atoms with Crippen molar-refractivity contribution in [1.29, 1.82) is 0 Å². The van der Waals surface area contributed by atoms with Crippen molar-refractivity contribution in [2.45, 2.75) is 26.6 Å². The van der Waals surface area contributed by atoms with E-state index in [-0.39, 0.29) is 6.10 Å². The maximum Gasteiger partial charge on any atom is 0.142 e. The van der Waals surface area contributed by atoms with Gasteiger partial charge in [-0.2, -0.15) is 0 Å². The largest absolute Gasteiger partial charge is 0.497 e. The number of ether oxygens (including phenoxy) is 3. The molecule has 0 aliphatic heterocycles. The Bertz CT molecular complexity index is 666. The second-order valence-electron chi connectivity index (χ2n) is 5.43. The van der Waals surface area contributed by atoms with Crippen LogP contribution < -0.4 is 14.2 Å². The van der Waals surface area contributed by atoms with E-state index in [9.17, 15) is 0 Å². The summed E-state index contributed by atoms with van der Waals surface area (Å²) in [6.45, 7) is 4.38. The standard InChI is InChI=1S/C19H23NO4/c1-14(2)24-17-7-5-15(6-8-17)13-23-20-12-16-11-18(21-3)9-10-19(16)22-4/h5-12,14H,13H2,1-4H3/b20-12+. The predicted molar refractivity (Wildman–Crippen MR) is 94.1 cm³/mol. The number of hydrogen-bond donors (Lipinski definition) is 0. The van der Waals surface area contributed by atoms with Gasteiger partial charge in [0.1, 0.15) is 23.9 Å². The first-order chi connectivity index (χ1) is 11.6. The van der Waals surface area contributed by atoms with Crippen molar-refractivity contribution in [2.24, 2.45) is 5.16 Å². The molecular formula is C19H23NO4. The second-order valence-corrected chi connectivity index (χ2v) is 5.43. The summed E-state index contributed by atoms with van der Waals surface area (Å²) in [7, 11) is 3.23. The summed E-state index contributed by atoms with van der Waals surface area (Å²) >= 11 is 0. The van der Waals surface area contributed by atoms with Gasteiger partial charge in [0.2, 0.25) is 0 Å². The molecule has 0 radical (unpaired) electrons. The van der Waals surface area contributed by atoms with Gasteiger partial charge in [-0.25, -0.2) is 0 Å². The molecule has 0 saturated carbocycles. The van der Waals surface area contributed by atoms with E-state index in [1.54, 1.807) is 20.4 Å². The van der Waals surface area contributed by atoms with E-state index >= 15 is 0 Å². The Morgan fingerprint density at radius 1 is 0.958 bits per heavy atom. The molecule has 2 rings (SSSR count). The van der Waals surface area contributed by atoms with Gasteiger partial charge in [-0.3, -0.25) is 0 Å². The Balaban J connectivity index is 1.92. The SMILES string of the molecule is COc1ccc(OC)c(/C=N/OCc2ccc(OC(C)C)cc2)c1. The average Bonchev–Trinajstić information content (AvgIpc) is 2.59. The van der Waals surface area contributed by atoms with Crippen LogP contribution in [0.5, 0.6) is 17.2 Å². The van der Waals surface area contributed by atoms with Gasteiger partial charge < -0.3 is 19.0 Å². The highest BCUT2D eigenvalue weighted by Crippen LogP contribution is 2.22. The molecule has 0 saturated heterocycles. The zero-order valence-electron chi connectivity index (χ0n) is 14.5. The summed E-state index contributed by atoms with van der Waals surface area (Å²) < 4.78 is 16.1. The van der Waals surface area contributed by atoms with Crippen molar-refractivity contribution < 1.29 is 19.0 Å². The van der Waals surface area contributed by atoms with Crippen molar-refractivity contribution in [3.05, 3.63) is 53.6 Å². The number of oxime groups is 1. The smallest absolute Gasteiger partial charge is 0.142 e. The molecule has 0 unspecified atom stereocenters. The summed E-state index contributed by atoms with van der Waals surface area (Å²) in [5.74, 6) is 2.29. The van der Waals surface area contributed by atoms with Crippen LogP contribution in [-0.4, -0.2) is 26.5 Å². The lowest BCUT2D eigenvalue weighted by Gasteiger charge is -2.09. The fraction of sp³-hybridized carbons (Fsp3) is 0.316. The van der Waals surface area contributed by atoms with Crippen LogP contribution in [0.15, 0.2) is 47.6 Å². The van der Waals surface area contributed by atoms with Gasteiger partial charge in [0, 0.05) is 5.56 Å². The van der Waals surface area contributed by atoms with Gasteiger partial charge in [-0.05, 0) is 49.7 Å². The Kier molecular flexibility index (Phi) is 6.49. The highest BCUT2D eigenvalue weighted by Gasteiger charge is 2.03. The van der Waals surface area contributed by atoms with Gasteiger partial charge in [0.05, 0.1) is 26.5 Å². The zero-order valence-corrected chi connectivity index (χ0v) is 14.5. The first-order valence-corrected chi connectivity index (χ1v) is 7.75. The molecule has 2 aromatic rings. The fourth-order valence-corrected chi connectivity index (χ4v) is 2.08. The summed E-state index contributed by atoms with van der Waals surface area (Å²) in [6, 6.07) is 13.3. The molecule has 0 aromatic heterocycles.